The molecule has 0 aliphatic carbocycles. The maximum absolute atomic E-state index is 11.9. The van der Waals surface area contributed by atoms with Crippen LogP contribution in [0, 0.1) is 0 Å². The summed E-state index contributed by atoms with van der Waals surface area (Å²) in [5, 5.41) is 4.49. The Labute approximate surface area is 113 Å². The summed E-state index contributed by atoms with van der Waals surface area (Å²) in [6.45, 7) is 1.98. The summed E-state index contributed by atoms with van der Waals surface area (Å²) in [7, 11) is 0. The van der Waals surface area contributed by atoms with Crippen molar-refractivity contribution < 1.29 is 9.21 Å². The van der Waals surface area contributed by atoms with Gasteiger partial charge in [-0.25, -0.2) is 9.97 Å². The molecular formula is C13H11N3O2S. The Morgan fingerprint density at radius 2 is 2.37 bits per heavy atom. The molecule has 0 unspecified atom stereocenters. The van der Waals surface area contributed by atoms with Crippen LogP contribution < -0.4 is 5.32 Å². The molecule has 3 aromatic rings. The first kappa shape index (κ1) is 11.9. The van der Waals surface area contributed by atoms with Gasteiger partial charge in [-0.3, -0.25) is 4.79 Å². The van der Waals surface area contributed by atoms with Crippen LogP contribution in [-0.4, -0.2) is 15.9 Å². The second-order valence-electron chi connectivity index (χ2n) is 3.97. The summed E-state index contributed by atoms with van der Waals surface area (Å²) in [4.78, 5) is 20.2. The van der Waals surface area contributed by atoms with Crippen molar-refractivity contribution in [3.05, 3.63) is 40.7 Å². The summed E-state index contributed by atoms with van der Waals surface area (Å²) in [5.41, 5.74) is 4.20. The highest BCUT2D eigenvalue weighted by Gasteiger charge is 2.10. The summed E-state index contributed by atoms with van der Waals surface area (Å²) in [6, 6.07) is 5.39. The molecule has 0 atom stereocenters. The molecule has 1 amide bonds. The number of hydrogen-bond acceptors (Lipinski definition) is 5. The van der Waals surface area contributed by atoms with Crippen LogP contribution in [0.3, 0.4) is 0 Å². The quantitative estimate of drug-likeness (QED) is 0.796. The molecular weight excluding hydrogens is 262 g/mol. The Morgan fingerprint density at radius 1 is 1.47 bits per heavy atom. The molecule has 2 heterocycles. The van der Waals surface area contributed by atoms with Gasteiger partial charge in [-0.05, 0) is 18.2 Å². The van der Waals surface area contributed by atoms with Crippen LogP contribution in [0.15, 0.2) is 33.5 Å². The Hall–Kier alpha value is -2.21. The number of carbonyl (C=O) groups is 1. The number of nitrogens with zero attached hydrogens (tertiary/aromatic N) is 2. The minimum absolute atomic E-state index is 0.222. The van der Waals surface area contributed by atoms with E-state index in [-0.39, 0.29) is 5.91 Å². The van der Waals surface area contributed by atoms with Crippen molar-refractivity contribution in [1.82, 2.24) is 9.97 Å². The SMILES string of the molecule is CCc1nc2cc(NC(=O)c3cscn3)ccc2o1. The van der Waals surface area contributed by atoms with Crippen molar-refractivity contribution in [2.75, 3.05) is 5.32 Å². The van der Waals surface area contributed by atoms with E-state index in [1.165, 1.54) is 11.3 Å². The monoisotopic (exact) mass is 273 g/mol. The van der Waals surface area contributed by atoms with E-state index in [0.717, 1.165) is 17.5 Å². The van der Waals surface area contributed by atoms with Crippen LogP contribution in [0.1, 0.15) is 23.3 Å². The number of rotatable bonds is 3. The van der Waals surface area contributed by atoms with Gasteiger partial charge in [0.05, 0.1) is 5.51 Å². The Kier molecular flexibility index (Phi) is 3.00. The highest BCUT2D eigenvalue weighted by atomic mass is 32.1. The maximum atomic E-state index is 11.9. The molecule has 3 rings (SSSR count). The zero-order chi connectivity index (χ0) is 13.2. The summed E-state index contributed by atoms with van der Waals surface area (Å²) < 4.78 is 5.51. The number of fused-ring (bicyclic) bond motifs is 1. The van der Waals surface area contributed by atoms with E-state index in [9.17, 15) is 4.79 Å². The fraction of sp³-hybridized carbons (Fsp3) is 0.154. The second-order valence-corrected chi connectivity index (χ2v) is 4.69. The molecule has 0 saturated carbocycles. The average molecular weight is 273 g/mol. The van der Waals surface area contributed by atoms with Crippen LogP contribution in [0.4, 0.5) is 5.69 Å². The van der Waals surface area contributed by atoms with Gasteiger partial charge in [0.2, 0.25) is 0 Å². The first-order chi connectivity index (χ1) is 9.26. The number of nitrogens with one attached hydrogen (secondary N) is 1. The normalized spacial score (nSPS) is 10.8. The summed E-state index contributed by atoms with van der Waals surface area (Å²) in [5.74, 6) is 0.470. The van der Waals surface area contributed by atoms with E-state index in [1.807, 2.05) is 6.92 Å². The number of aryl methyl sites for hydroxylation is 1. The lowest BCUT2D eigenvalue weighted by Crippen LogP contribution is -2.11. The van der Waals surface area contributed by atoms with Crippen molar-refractivity contribution in [3.8, 4) is 0 Å². The second kappa shape index (κ2) is 4.81. The number of anilines is 1. The van der Waals surface area contributed by atoms with E-state index in [2.05, 4.69) is 15.3 Å². The predicted octanol–water partition coefficient (Wildman–Crippen LogP) is 3.10. The van der Waals surface area contributed by atoms with Crippen LogP contribution in [0.5, 0.6) is 0 Å². The largest absolute Gasteiger partial charge is 0.441 e. The molecule has 0 aliphatic rings. The highest BCUT2D eigenvalue weighted by molar-refractivity contribution is 7.07. The van der Waals surface area contributed by atoms with Crippen molar-refractivity contribution in [2.45, 2.75) is 13.3 Å². The first-order valence-electron chi connectivity index (χ1n) is 5.85. The van der Waals surface area contributed by atoms with Gasteiger partial charge in [0.25, 0.3) is 5.91 Å². The lowest BCUT2D eigenvalue weighted by Gasteiger charge is -2.02. The van der Waals surface area contributed by atoms with Gasteiger partial charge in [0, 0.05) is 17.5 Å². The minimum atomic E-state index is -0.222. The number of benzene rings is 1. The van der Waals surface area contributed by atoms with Crippen LogP contribution in [-0.2, 0) is 6.42 Å². The number of amides is 1. The minimum Gasteiger partial charge on any atom is -0.441 e. The van der Waals surface area contributed by atoms with Gasteiger partial charge in [-0.15, -0.1) is 11.3 Å². The highest BCUT2D eigenvalue weighted by Crippen LogP contribution is 2.20. The van der Waals surface area contributed by atoms with Crippen LogP contribution in [0.25, 0.3) is 11.1 Å². The Morgan fingerprint density at radius 3 is 3.11 bits per heavy atom. The standard InChI is InChI=1S/C13H11N3O2S/c1-2-12-16-9-5-8(3-4-11(9)18-12)15-13(17)10-6-19-7-14-10/h3-7H,2H2,1H3,(H,15,17). The molecule has 2 aromatic heterocycles. The van der Waals surface area contributed by atoms with Crippen LogP contribution in [0.2, 0.25) is 0 Å². The Balaban J connectivity index is 1.87. The number of carbonyl (C=O) groups excluding carboxylic acids is 1. The van der Waals surface area contributed by atoms with E-state index in [1.54, 1.807) is 29.1 Å². The van der Waals surface area contributed by atoms with Crippen molar-refractivity contribution in [2.24, 2.45) is 0 Å². The molecule has 6 heteroatoms. The molecule has 19 heavy (non-hydrogen) atoms. The summed E-state index contributed by atoms with van der Waals surface area (Å²) in [6.07, 6.45) is 0.745. The molecule has 5 nitrogen and oxygen atoms in total. The van der Waals surface area contributed by atoms with Crippen molar-refractivity contribution in [1.29, 1.82) is 0 Å². The number of aromatic nitrogens is 2. The number of oxazole rings is 1. The third-order valence-electron chi connectivity index (χ3n) is 2.66. The van der Waals surface area contributed by atoms with Crippen LogP contribution >= 0.6 is 11.3 Å². The summed E-state index contributed by atoms with van der Waals surface area (Å²) >= 11 is 1.39. The smallest absolute Gasteiger partial charge is 0.275 e. The third kappa shape index (κ3) is 2.34. The third-order valence-corrected chi connectivity index (χ3v) is 3.24. The zero-order valence-corrected chi connectivity index (χ0v) is 11.0. The van der Waals surface area contributed by atoms with Gasteiger partial charge in [-0.2, -0.15) is 0 Å². The molecule has 0 fully saturated rings. The lowest BCUT2D eigenvalue weighted by atomic mass is 10.3. The number of thiazole rings is 1. The molecule has 0 radical (unpaired) electrons. The topological polar surface area (TPSA) is 68.0 Å². The van der Waals surface area contributed by atoms with E-state index in [0.29, 0.717) is 17.3 Å². The predicted molar refractivity (Wildman–Crippen MR) is 73.5 cm³/mol. The lowest BCUT2D eigenvalue weighted by molar-refractivity contribution is 0.102. The zero-order valence-electron chi connectivity index (χ0n) is 10.2. The van der Waals surface area contributed by atoms with Gasteiger partial charge >= 0.3 is 0 Å². The molecule has 0 bridgehead atoms. The molecule has 0 spiro atoms. The molecule has 96 valence electrons. The first-order valence-corrected chi connectivity index (χ1v) is 6.79. The van der Waals surface area contributed by atoms with Crippen molar-refractivity contribution in [3.63, 3.8) is 0 Å². The molecule has 0 aliphatic heterocycles. The molecule has 1 aromatic carbocycles. The van der Waals surface area contributed by atoms with Gasteiger partial charge in [-0.1, -0.05) is 6.92 Å². The number of hydrogen-bond donors (Lipinski definition) is 1. The van der Waals surface area contributed by atoms with E-state index >= 15 is 0 Å². The molecule has 1 N–H and O–H groups in total. The van der Waals surface area contributed by atoms with Gasteiger partial charge in [0.1, 0.15) is 11.2 Å². The molecule has 0 saturated heterocycles. The average Bonchev–Trinajstić information content (AvgIpc) is 3.07. The van der Waals surface area contributed by atoms with Crippen molar-refractivity contribution >= 4 is 34.0 Å². The maximum Gasteiger partial charge on any atom is 0.275 e. The Bertz CT molecular complexity index is 719. The van der Waals surface area contributed by atoms with Gasteiger partial charge in [0.15, 0.2) is 11.5 Å². The van der Waals surface area contributed by atoms with E-state index < -0.39 is 0 Å². The van der Waals surface area contributed by atoms with Gasteiger partial charge < -0.3 is 9.73 Å². The fourth-order valence-electron chi connectivity index (χ4n) is 1.72. The van der Waals surface area contributed by atoms with E-state index in [4.69, 9.17) is 4.42 Å². The fourth-order valence-corrected chi connectivity index (χ4v) is 2.26.